The van der Waals surface area contributed by atoms with Gasteiger partial charge in [-0.3, -0.25) is 0 Å². The summed E-state index contributed by atoms with van der Waals surface area (Å²) in [4.78, 5) is 12.6. The van der Waals surface area contributed by atoms with Crippen LogP contribution in [-0.4, -0.2) is 25.3 Å². The van der Waals surface area contributed by atoms with Crippen LogP contribution < -0.4 is 9.47 Å². The van der Waals surface area contributed by atoms with Gasteiger partial charge in [-0.15, -0.1) is 0 Å². The molecule has 0 spiro atoms. The smallest absolute Gasteiger partial charge is 0.341 e. The summed E-state index contributed by atoms with van der Waals surface area (Å²) >= 11 is 0. The Balaban J connectivity index is 1.37. The molecule has 0 aromatic heterocycles. The Bertz CT molecular complexity index is 1350. The zero-order valence-corrected chi connectivity index (χ0v) is 22.4. The van der Waals surface area contributed by atoms with Crippen LogP contribution in [0, 0.1) is 29.1 Å². The SMILES string of the molecule is CCCCOc1ccc(C(=O)OC2CCC(c3ccc(-c4ccc(OCC)c(F)c4F)c(F)c3)CC2)c(F)c1F. The molecular formula is C31H31F5O4. The van der Waals surface area contributed by atoms with Gasteiger partial charge < -0.3 is 14.2 Å². The van der Waals surface area contributed by atoms with E-state index in [1.165, 1.54) is 30.3 Å². The van der Waals surface area contributed by atoms with Crippen molar-refractivity contribution < 1.29 is 41.0 Å². The summed E-state index contributed by atoms with van der Waals surface area (Å²) in [6.45, 7) is 3.99. The molecule has 0 heterocycles. The van der Waals surface area contributed by atoms with E-state index < -0.39 is 46.7 Å². The standard InChI is InChI=1S/C31H31F5O4/c1-3-5-16-39-26-15-13-23(28(34)30(26)36)31(37)40-20-9-6-18(7-10-20)19-8-11-21(24(32)17-19)22-12-14-25(38-4-2)29(35)27(22)33/h8,11-15,17-18,20H,3-7,9-10,16H2,1-2H3. The number of ether oxygens (including phenoxy) is 3. The number of unbranched alkanes of at least 4 members (excludes halogenated alkanes) is 1. The maximum atomic E-state index is 15.0. The van der Waals surface area contributed by atoms with E-state index in [-0.39, 0.29) is 41.8 Å². The molecule has 9 heteroatoms. The lowest BCUT2D eigenvalue weighted by Crippen LogP contribution is -2.24. The van der Waals surface area contributed by atoms with Crippen molar-refractivity contribution in [3.8, 4) is 22.6 Å². The molecule has 3 aromatic rings. The molecule has 1 aliphatic carbocycles. The predicted molar refractivity (Wildman–Crippen MR) is 140 cm³/mol. The van der Waals surface area contributed by atoms with E-state index in [1.54, 1.807) is 13.0 Å². The first-order chi connectivity index (χ1) is 19.2. The number of esters is 1. The van der Waals surface area contributed by atoms with E-state index in [2.05, 4.69) is 0 Å². The molecule has 214 valence electrons. The van der Waals surface area contributed by atoms with Crippen LogP contribution in [0.3, 0.4) is 0 Å². The highest BCUT2D eigenvalue weighted by Gasteiger charge is 2.28. The quantitative estimate of drug-likeness (QED) is 0.141. The monoisotopic (exact) mass is 562 g/mol. The molecule has 0 radical (unpaired) electrons. The van der Waals surface area contributed by atoms with Gasteiger partial charge in [0.25, 0.3) is 0 Å². The molecule has 0 atom stereocenters. The van der Waals surface area contributed by atoms with Gasteiger partial charge in [0.2, 0.25) is 11.6 Å². The minimum Gasteiger partial charge on any atom is -0.491 e. The first kappa shape index (κ1) is 29.4. The van der Waals surface area contributed by atoms with E-state index in [0.29, 0.717) is 37.7 Å². The molecule has 1 aliphatic rings. The Hall–Kier alpha value is -3.62. The van der Waals surface area contributed by atoms with Gasteiger partial charge in [0, 0.05) is 11.1 Å². The van der Waals surface area contributed by atoms with Crippen LogP contribution in [0.25, 0.3) is 11.1 Å². The molecule has 1 saturated carbocycles. The Morgan fingerprint density at radius 2 is 1.43 bits per heavy atom. The Morgan fingerprint density at radius 3 is 2.10 bits per heavy atom. The van der Waals surface area contributed by atoms with E-state index >= 15 is 4.39 Å². The van der Waals surface area contributed by atoms with Gasteiger partial charge in [-0.25, -0.2) is 18.0 Å². The summed E-state index contributed by atoms with van der Waals surface area (Å²) in [5.74, 6) is -7.08. The maximum Gasteiger partial charge on any atom is 0.341 e. The molecule has 0 aliphatic heterocycles. The van der Waals surface area contributed by atoms with E-state index in [9.17, 15) is 22.4 Å². The van der Waals surface area contributed by atoms with Crippen LogP contribution in [0.5, 0.6) is 11.5 Å². The van der Waals surface area contributed by atoms with Gasteiger partial charge in [0.1, 0.15) is 11.9 Å². The fourth-order valence-corrected chi connectivity index (χ4v) is 4.87. The van der Waals surface area contributed by atoms with Crippen molar-refractivity contribution in [2.45, 2.75) is 64.4 Å². The third kappa shape index (κ3) is 6.40. The number of carbonyl (C=O) groups excluding carboxylic acids is 1. The number of benzene rings is 3. The zero-order chi connectivity index (χ0) is 28.8. The maximum absolute atomic E-state index is 15.0. The van der Waals surface area contributed by atoms with Gasteiger partial charge in [-0.2, -0.15) is 8.78 Å². The highest BCUT2D eigenvalue weighted by Crippen LogP contribution is 2.37. The predicted octanol–water partition coefficient (Wildman–Crippen LogP) is 8.51. The number of rotatable bonds is 10. The van der Waals surface area contributed by atoms with Crippen LogP contribution in [0.2, 0.25) is 0 Å². The molecular weight excluding hydrogens is 531 g/mol. The molecule has 3 aromatic carbocycles. The molecule has 4 rings (SSSR count). The average Bonchev–Trinajstić information content (AvgIpc) is 2.94. The van der Waals surface area contributed by atoms with Gasteiger partial charge in [-0.1, -0.05) is 25.5 Å². The third-order valence-corrected chi connectivity index (χ3v) is 7.07. The fraction of sp³-hybridized carbons (Fsp3) is 0.387. The minimum atomic E-state index is -1.31. The molecule has 0 amide bonds. The second kappa shape index (κ2) is 13.2. The summed E-state index contributed by atoms with van der Waals surface area (Å²) in [5.41, 5.74) is -0.0885. The summed E-state index contributed by atoms with van der Waals surface area (Å²) in [5, 5.41) is 0. The second-order valence-corrected chi connectivity index (χ2v) is 9.73. The van der Waals surface area contributed by atoms with E-state index in [1.807, 2.05) is 6.92 Å². The molecule has 0 bridgehead atoms. The number of hydrogen-bond acceptors (Lipinski definition) is 4. The van der Waals surface area contributed by atoms with Crippen molar-refractivity contribution in [3.63, 3.8) is 0 Å². The summed E-state index contributed by atoms with van der Waals surface area (Å²) in [6.07, 6.45) is 3.03. The molecule has 0 N–H and O–H groups in total. The van der Waals surface area contributed by atoms with Crippen LogP contribution >= 0.6 is 0 Å². The van der Waals surface area contributed by atoms with Gasteiger partial charge in [0.15, 0.2) is 23.1 Å². The lowest BCUT2D eigenvalue weighted by Gasteiger charge is -2.29. The van der Waals surface area contributed by atoms with E-state index in [0.717, 1.165) is 12.5 Å². The topological polar surface area (TPSA) is 44.8 Å². The van der Waals surface area contributed by atoms with Crippen molar-refractivity contribution in [3.05, 3.63) is 82.7 Å². The zero-order valence-electron chi connectivity index (χ0n) is 22.4. The van der Waals surface area contributed by atoms with Crippen LogP contribution in [0.4, 0.5) is 22.0 Å². The highest BCUT2D eigenvalue weighted by molar-refractivity contribution is 5.90. The lowest BCUT2D eigenvalue weighted by molar-refractivity contribution is 0.0189. The van der Waals surface area contributed by atoms with Crippen LogP contribution in [0.15, 0.2) is 42.5 Å². The largest absolute Gasteiger partial charge is 0.491 e. The number of halogens is 5. The van der Waals surface area contributed by atoms with Crippen molar-refractivity contribution in [1.82, 2.24) is 0 Å². The van der Waals surface area contributed by atoms with Crippen molar-refractivity contribution in [2.24, 2.45) is 0 Å². The molecule has 4 nitrogen and oxygen atoms in total. The van der Waals surface area contributed by atoms with Crippen molar-refractivity contribution >= 4 is 5.97 Å². The fourth-order valence-electron chi connectivity index (χ4n) is 4.87. The highest BCUT2D eigenvalue weighted by atomic mass is 19.2. The first-order valence-corrected chi connectivity index (χ1v) is 13.5. The normalized spacial score (nSPS) is 17.0. The van der Waals surface area contributed by atoms with Gasteiger partial charge in [-0.05, 0) is 80.8 Å². The number of hydrogen-bond donors (Lipinski definition) is 0. The summed E-state index contributed by atoms with van der Waals surface area (Å²) in [7, 11) is 0. The molecule has 0 saturated heterocycles. The Morgan fingerprint density at radius 1 is 0.775 bits per heavy atom. The Kier molecular flexibility index (Phi) is 9.66. The molecule has 0 unspecified atom stereocenters. The minimum absolute atomic E-state index is 0.0471. The number of carbonyl (C=O) groups is 1. The average molecular weight is 563 g/mol. The molecule has 40 heavy (non-hydrogen) atoms. The summed E-state index contributed by atoms with van der Waals surface area (Å²) in [6, 6.07) is 9.31. The third-order valence-electron chi connectivity index (χ3n) is 7.07. The van der Waals surface area contributed by atoms with Crippen molar-refractivity contribution in [2.75, 3.05) is 13.2 Å². The van der Waals surface area contributed by atoms with Crippen LogP contribution in [-0.2, 0) is 4.74 Å². The lowest BCUT2D eigenvalue weighted by atomic mass is 9.82. The Labute approximate surface area is 230 Å². The van der Waals surface area contributed by atoms with E-state index in [4.69, 9.17) is 14.2 Å². The van der Waals surface area contributed by atoms with Crippen LogP contribution in [0.1, 0.15) is 74.2 Å². The summed E-state index contributed by atoms with van der Waals surface area (Å²) < 4.78 is 88.5. The first-order valence-electron chi connectivity index (χ1n) is 13.5. The van der Waals surface area contributed by atoms with Crippen molar-refractivity contribution in [1.29, 1.82) is 0 Å². The molecule has 1 fully saturated rings. The van der Waals surface area contributed by atoms with Gasteiger partial charge >= 0.3 is 5.97 Å². The van der Waals surface area contributed by atoms with Gasteiger partial charge in [0.05, 0.1) is 18.8 Å². The second-order valence-electron chi connectivity index (χ2n) is 9.73.